The molecule has 0 saturated carbocycles. The van der Waals surface area contributed by atoms with Gasteiger partial charge in [-0.15, -0.1) is 0 Å². The summed E-state index contributed by atoms with van der Waals surface area (Å²) in [7, 11) is 0. The van der Waals surface area contributed by atoms with Crippen molar-refractivity contribution in [2.75, 3.05) is 13.1 Å². The van der Waals surface area contributed by atoms with Crippen molar-refractivity contribution < 1.29 is 9.18 Å². The van der Waals surface area contributed by atoms with Gasteiger partial charge in [-0.3, -0.25) is 9.69 Å². The van der Waals surface area contributed by atoms with Crippen LogP contribution in [0.1, 0.15) is 27.9 Å². The van der Waals surface area contributed by atoms with E-state index in [-0.39, 0.29) is 11.3 Å². The number of likely N-dealkylation sites (tertiary alicyclic amines) is 1. The van der Waals surface area contributed by atoms with Gasteiger partial charge in [-0.25, -0.2) is 4.39 Å². The average molecular weight is 348 g/mol. The van der Waals surface area contributed by atoms with Crippen molar-refractivity contribution in [2.45, 2.75) is 13.0 Å². The minimum atomic E-state index is -0.492. The average Bonchev–Trinajstić information content (AvgIpc) is 2.43. The minimum Gasteiger partial charge on any atom is -0.299 e. The molecule has 4 heteroatoms. The summed E-state index contributed by atoms with van der Waals surface area (Å²) in [5.41, 5.74) is 1.67. The van der Waals surface area contributed by atoms with Gasteiger partial charge in [0.2, 0.25) is 0 Å². The van der Waals surface area contributed by atoms with Crippen LogP contribution in [0.3, 0.4) is 0 Å². The molecular formula is C17H15BrFNO. The number of hydrogen-bond acceptors (Lipinski definition) is 2. The number of ketones is 1. The van der Waals surface area contributed by atoms with Crippen LogP contribution in [0.5, 0.6) is 0 Å². The van der Waals surface area contributed by atoms with Gasteiger partial charge < -0.3 is 0 Å². The fourth-order valence-electron chi connectivity index (χ4n) is 2.48. The Balaban J connectivity index is 1.93. The quantitative estimate of drug-likeness (QED) is 0.778. The lowest BCUT2D eigenvalue weighted by Gasteiger charge is -2.31. The van der Waals surface area contributed by atoms with Crippen molar-refractivity contribution in [3.05, 3.63) is 69.4 Å². The highest BCUT2D eigenvalue weighted by atomic mass is 79.9. The normalized spacial score (nSPS) is 14.8. The van der Waals surface area contributed by atoms with Gasteiger partial charge in [0.05, 0.1) is 5.56 Å². The Labute approximate surface area is 131 Å². The van der Waals surface area contributed by atoms with Crippen LogP contribution in [0, 0.1) is 5.82 Å². The minimum absolute atomic E-state index is 0.120. The maximum absolute atomic E-state index is 14.0. The molecule has 0 N–H and O–H groups in total. The molecule has 1 aliphatic heterocycles. The largest absolute Gasteiger partial charge is 0.299 e. The summed E-state index contributed by atoms with van der Waals surface area (Å²) in [5, 5.41) is 0. The number of halogens is 2. The van der Waals surface area contributed by atoms with Crippen molar-refractivity contribution >= 4 is 21.7 Å². The maximum Gasteiger partial charge on any atom is 0.196 e. The monoisotopic (exact) mass is 347 g/mol. The molecule has 0 aromatic heterocycles. The van der Waals surface area contributed by atoms with Crippen LogP contribution in [0.15, 0.2) is 46.9 Å². The molecule has 3 rings (SSSR count). The first-order valence-corrected chi connectivity index (χ1v) is 7.74. The van der Waals surface area contributed by atoms with E-state index in [9.17, 15) is 9.18 Å². The topological polar surface area (TPSA) is 20.3 Å². The van der Waals surface area contributed by atoms with E-state index in [0.29, 0.717) is 10.0 Å². The Morgan fingerprint density at radius 2 is 1.90 bits per heavy atom. The zero-order valence-electron chi connectivity index (χ0n) is 11.5. The van der Waals surface area contributed by atoms with Gasteiger partial charge in [-0.05, 0) is 43.3 Å². The van der Waals surface area contributed by atoms with Gasteiger partial charge in [0.1, 0.15) is 5.82 Å². The second-order valence-electron chi connectivity index (χ2n) is 5.24. The molecule has 0 bridgehead atoms. The molecule has 0 spiro atoms. The molecule has 1 fully saturated rings. The van der Waals surface area contributed by atoms with Crippen molar-refractivity contribution in [1.29, 1.82) is 0 Å². The van der Waals surface area contributed by atoms with Gasteiger partial charge in [0.25, 0.3) is 0 Å². The molecule has 21 heavy (non-hydrogen) atoms. The van der Waals surface area contributed by atoms with Crippen molar-refractivity contribution in [1.82, 2.24) is 4.90 Å². The summed E-state index contributed by atoms with van der Waals surface area (Å²) < 4.78 is 14.6. The van der Waals surface area contributed by atoms with Crippen LogP contribution < -0.4 is 0 Å². The number of nitrogens with zero attached hydrogens (tertiary/aromatic N) is 1. The van der Waals surface area contributed by atoms with E-state index in [1.165, 1.54) is 18.6 Å². The summed E-state index contributed by atoms with van der Waals surface area (Å²) in [6.07, 6.45) is 1.21. The number of benzene rings is 2. The Bertz CT molecular complexity index is 682. The van der Waals surface area contributed by atoms with Gasteiger partial charge in [0, 0.05) is 16.6 Å². The molecule has 2 aromatic rings. The Kier molecular flexibility index (Phi) is 4.17. The second kappa shape index (κ2) is 6.08. The van der Waals surface area contributed by atoms with Gasteiger partial charge in [-0.2, -0.15) is 0 Å². The zero-order valence-corrected chi connectivity index (χ0v) is 13.1. The predicted octanol–water partition coefficient (Wildman–Crippen LogP) is 4.02. The highest BCUT2D eigenvalue weighted by molar-refractivity contribution is 9.10. The van der Waals surface area contributed by atoms with Crippen LogP contribution >= 0.6 is 15.9 Å². The first kappa shape index (κ1) is 14.4. The standard InChI is InChI=1S/C17H15BrFNO/c18-13-6-7-15(16(19)10-13)17(21)14-5-2-1-4-12(14)11-20-8-3-9-20/h1-2,4-7,10H,3,8-9,11H2. The number of hydrogen-bond donors (Lipinski definition) is 0. The smallest absolute Gasteiger partial charge is 0.196 e. The highest BCUT2D eigenvalue weighted by Crippen LogP contribution is 2.22. The van der Waals surface area contributed by atoms with Crippen LogP contribution in [0.25, 0.3) is 0 Å². The Hall–Kier alpha value is -1.52. The summed E-state index contributed by atoms with van der Waals surface area (Å²) in [4.78, 5) is 14.9. The first-order chi connectivity index (χ1) is 10.1. The molecule has 0 radical (unpaired) electrons. The maximum atomic E-state index is 14.0. The molecule has 2 nitrogen and oxygen atoms in total. The number of carbonyl (C=O) groups is 1. The SMILES string of the molecule is O=C(c1ccc(Br)cc1F)c1ccccc1CN1CCC1. The molecule has 0 aliphatic carbocycles. The zero-order chi connectivity index (χ0) is 14.8. The summed E-state index contributed by atoms with van der Waals surface area (Å²) in [5.74, 6) is -0.746. The molecule has 108 valence electrons. The van der Waals surface area contributed by atoms with Crippen LogP contribution in [0.2, 0.25) is 0 Å². The van der Waals surface area contributed by atoms with E-state index < -0.39 is 5.82 Å². The summed E-state index contributed by atoms with van der Waals surface area (Å²) in [6.45, 7) is 2.88. The lowest BCUT2D eigenvalue weighted by atomic mass is 9.97. The fraction of sp³-hybridized carbons (Fsp3) is 0.235. The van der Waals surface area contributed by atoms with Crippen molar-refractivity contribution in [3.8, 4) is 0 Å². The fourth-order valence-corrected chi connectivity index (χ4v) is 2.81. The van der Waals surface area contributed by atoms with Gasteiger partial charge in [0.15, 0.2) is 5.78 Å². The van der Waals surface area contributed by atoms with Crippen LogP contribution in [0.4, 0.5) is 4.39 Å². The van der Waals surface area contributed by atoms with Gasteiger partial charge >= 0.3 is 0 Å². The Morgan fingerprint density at radius 1 is 1.14 bits per heavy atom. The van der Waals surface area contributed by atoms with E-state index in [0.717, 1.165) is 25.2 Å². The van der Waals surface area contributed by atoms with E-state index >= 15 is 0 Å². The molecule has 0 amide bonds. The Morgan fingerprint density at radius 3 is 2.57 bits per heavy atom. The van der Waals surface area contributed by atoms with E-state index in [4.69, 9.17) is 0 Å². The summed E-state index contributed by atoms with van der Waals surface area (Å²) >= 11 is 3.21. The predicted molar refractivity (Wildman–Crippen MR) is 83.9 cm³/mol. The number of rotatable bonds is 4. The highest BCUT2D eigenvalue weighted by Gasteiger charge is 2.20. The molecule has 1 heterocycles. The van der Waals surface area contributed by atoms with Crippen LogP contribution in [-0.2, 0) is 6.54 Å². The van der Waals surface area contributed by atoms with Crippen molar-refractivity contribution in [3.63, 3.8) is 0 Å². The first-order valence-electron chi connectivity index (χ1n) is 6.95. The third-order valence-electron chi connectivity index (χ3n) is 3.78. The summed E-state index contributed by atoms with van der Waals surface area (Å²) in [6, 6.07) is 12.0. The third kappa shape index (κ3) is 3.06. The van der Waals surface area contributed by atoms with Crippen molar-refractivity contribution in [2.24, 2.45) is 0 Å². The molecular weight excluding hydrogens is 333 g/mol. The van der Waals surface area contributed by atoms with Crippen LogP contribution in [-0.4, -0.2) is 23.8 Å². The lowest BCUT2D eigenvalue weighted by Crippen LogP contribution is -2.36. The molecule has 0 atom stereocenters. The second-order valence-corrected chi connectivity index (χ2v) is 6.16. The molecule has 0 unspecified atom stereocenters. The molecule has 1 saturated heterocycles. The molecule has 1 aliphatic rings. The lowest BCUT2D eigenvalue weighted by molar-refractivity contribution is 0.103. The number of carbonyl (C=O) groups excluding carboxylic acids is 1. The van der Waals surface area contributed by atoms with Gasteiger partial charge in [-0.1, -0.05) is 40.2 Å². The van der Waals surface area contributed by atoms with E-state index in [2.05, 4.69) is 20.8 Å². The third-order valence-corrected chi connectivity index (χ3v) is 4.27. The molecule has 2 aromatic carbocycles. The van der Waals surface area contributed by atoms with E-state index in [1.54, 1.807) is 12.1 Å². The van der Waals surface area contributed by atoms with E-state index in [1.807, 2.05) is 18.2 Å².